The first-order valence-electron chi connectivity index (χ1n) is 15.1. The Morgan fingerprint density at radius 1 is 0.583 bits per heavy atom. The van der Waals surface area contributed by atoms with Gasteiger partial charge in [-0.1, -0.05) is 13.8 Å². The number of carboxylic acid groups (broad SMARTS) is 2. The number of hydrogen-bond donors (Lipinski definition) is 12. The SMILES string of the molecule is CC(C)CC(N)C(=O)NC(C(=O)NC(CO)C(=O)NC(CCC(=O)O)C(=O)NC(C(=O)NC(C)C(=O)NC(C)C(=O)O)C(C)O)C(C)O. The number of nitrogens with one attached hydrogen (secondary N) is 6. The van der Waals surface area contributed by atoms with E-state index in [4.69, 9.17) is 15.9 Å². The Kier molecular flexibility index (Phi) is 18.9. The second-order valence-corrected chi connectivity index (χ2v) is 11.7. The molecule has 0 fully saturated rings. The lowest BCUT2D eigenvalue weighted by Gasteiger charge is -2.27. The van der Waals surface area contributed by atoms with E-state index < -0.39 is 121 Å². The fourth-order valence-corrected chi connectivity index (χ4v) is 3.97. The van der Waals surface area contributed by atoms with Gasteiger partial charge in [-0.05, 0) is 46.5 Å². The molecule has 0 saturated heterocycles. The molecule has 0 rings (SSSR count). The summed E-state index contributed by atoms with van der Waals surface area (Å²) >= 11 is 0. The highest BCUT2D eigenvalue weighted by Gasteiger charge is 2.35. The molecule has 0 heterocycles. The molecular weight excluding hydrogens is 642 g/mol. The molecule has 9 atom stereocenters. The molecule has 6 amide bonds. The summed E-state index contributed by atoms with van der Waals surface area (Å²) in [7, 11) is 0. The number of aliphatic hydroxyl groups excluding tert-OH is 3. The Hall–Kier alpha value is -4.40. The molecule has 48 heavy (non-hydrogen) atoms. The third kappa shape index (κ3) is 15.5. The number of carbonyl (C=O) groups excluding carboxylic acids is 6. The van der Waals surface area contributed by atoms with E-state index in [2.05, 4.69) is 31.9 Å². The van der Waals surface area contributed by atoms with Crippen LogP contribution >= 0.6 is 0 Å². The number of carboxylic acids is 2. The lowest BCUT2D eigenvalue weighted by Crippen LogP contribution is -2.62. The maximum absolute atomic E-state index is 13.1. The molecule has 20 nitrogen and oxygen atoms in total. The Bertz CT molecular complexity index is 1160. The van der Waals surface area contributed by atoms with E-state index in [0.29, 0.717) is 0 Å². The van der Waals surface area contributed by atoms with Crippen LogP contribution in [0.25, 0.3) is 0 Å². The summed E-state index contributed by atoms with van der Waals surface area (Å²) in [6.07, 6.45) is -4.04. The third-order valence-electron chi connectivity index (χ3n) is 6.76. The fraction of sp³-hybridized carbons (Fsp3) is 0.714. The Balaban J connectivity index is 5.82. The number of rotatable bonds is 21. The van der Waals surface area contributed by atoms with Crippen LogP contribution in [-0.2, 0) is 38.4 Å². The van der Waals surface area contributed by atoms with Gasteiger partial charge in [0.05, 0.1) is 24.9 Å². The lowest BCUT2D eigenvalue weighted by molar-refractivity contribution is -0.142. The second kappa shape index (κ2) is 20.8. The minimum absolute atomic E-state index is 0.0352. The molecule has 274 valence electrons. The largest absolute Gasteiger partial charge is 0.481 e. The number of hydrogen-bond acceptors (Lipinski definition) is 12. The van der Waals surface area contributed by atoms with Crippen LogP contribution in [0.15, 0.2) is 0 Å². The lowest BCUT2D eigenvalue weighted by atomic mass is 10.0. The van der Waals surface area contributed by atoms with Gasteiger partial charge >= 0.3 is 11.9 Å². The Morgan fingerprint density at radius 3 is 1.46 bits per heavy atom. The van der Waals surface area contributed by atoms with Gasteiger partial charge in [-0.15, -0.1) is 0 Å². The van der Waals surface area contributed by atoms with Crippen molar-refractivity contribution in [3.63, 3.8) is 0 Å². The molecule has 0 aliphatic heterocycles. The van der Waals surface area contributed by atoms with Gasteiger partial charge < -0.3 is 63.2 Å². The first kappa shape index (κ1) is 43.6. The van der Waals surface area contributed by atoms with Crippen molar-refractivity contribution in [2.75, 3.05) is 6.61 Å². The average molecular weight is 692 g/mol. The standard InChI is InChI=1S/C28H49N7O13/c1-11(2)9-16(29)23(42)34-21(15(6)38)27(46)33-18(10-36)25(44)32-17(7-8-19(39)40)24(43)35-20(14(5)37)26(45)30-12(3)22(41)31-13(4)28(47)48/h11-18,20-21,36-38H,7-10,29H2,1-6H3,(H,30,45)(H,31,41)(H,32,44)(H,33,46)(H,34,42)(H,35,43)(H,39,40)(H,47,48). The zero-order valence-electron chi connectivity index (χ0n) is 27.7. The Morgan fingerprint density at radius 2 is 1.02 bits per heavy atom. The number of nitrogens with two attached hydrogens (primary N) is 1. The minimum atomic E-state index is -1.77. The van der Waals surface area contributed by atoms with Gasteiger partial charge in [-0.3, -0.25) is 38.4 Å². The van der Waals surface area contributed by atoms with Crippen molar-refractivity contribution >= 4 is 47.4 Å². The molecule has 0 aromatic rings. The van der Waals surface area contributed by atoms with Gasteiger partial charge in [0, 0.05) is 6.42 Å². The molecule has 0 bridgehead atoms. The van der Waals surface area contributed by atoms with Crippen molar-refractivity contribution in [3.8, 4) is 0 Å². The quantitative estimate of drug-likeness (QED) is 0.0536. The highest BCUT2D eigenvalue weighted by atomic mass is 16.4. The summed E-state index contributed by atoms with van der Waals surface area (Å²) in [5.74, 6) is -8.89. The van der Waals surface area contributed by atoms with Gasteiger partial charge in [-0.2, -0.15) is 0 Å². The highest BCUT2D eigenvalue weighted by molar-refractivity contribution is 5.97. The van der Waals surface area contributed by atoms with Crippen molar-refractivity contribution in [1.29, 1.82) is 0 Å². The van der Waals surface area contributed by atoms with Gasteiger partial charge in [0.2, 0.25) is 35.4 Å². The first-order chi connectivity index (χ1) is 22.1. The summed E-state index contributed by atoms with van der Waals surface area (Å²) < 4.78 is 0. The van der Waals surface area contributed by atoms with Crippen molar-refractivity contribution < 1.29 is 63.9 Å². The maximum atomic E-state index is 13.1. The summed E-state index contributed by atoms with van der Waals surface area (Å²) in [5.41, 5.74) is 5.82. The van der Waals surface area contributed by atoms with Crippen LogP contribution in [0.3, 0.4) is 0 Å². The maximum Gasteiger partial charge on any atom is 0.325 e. The molecular formula is C28H49N7O13. The van der Waals surface area contributed by atoms with E-state index in [0.717, 1.165) is 6.92 Å². The molecule has 0 aromatic carbocycles. The number of aliphatic carboxylic acids is 2. The summed E-state index contributed by atoms with van der Waals surface area (Å²) in [6.45, 7) is 7.25. The third-order valence-corrected chi connectivity index (χ3v) is 6.76. The molecule has 0 saturated carbocycles. The van der Waals surface area contributed by atoms with Crippen LogP contribution < -0.4 is 37.6 Å². The summed E-state index contributed by atoms with van der Waals surface area (Å²) in [6, 6.07) is -10.5. The zero-order valence-corrected chi connectivity index (χ0v) is 27.7. The predicted molar refractivity (Wildman–Crippen MR) is 165 cm³/mol. The molecule has 0 aliphatic carbocycles. The topological polar surface area (TPSA) is 336 Å². The fourth-order valence-electron chi connectivity index (χ4n) is 3.97. The van der Waals surface area contributed by atoms with Crippen LogP contribution in [0.4, 0.5) is 0 Å². The van der Waals surface area contributed by atoms with E-state index in [1.54, 1.807) is 0 Å². The van der Waals surface area contributed by atoms with Crippen molar-refractivity contribution in [1.82, 2.24) is 31.9 Å². The average Bonchev–Trinajstić information content (AvgIpc) is 2.97. The van der Waals surface area contributed by atoms with Gasteiger partial charge in [-0.25, -0.2) is 0 Å². The monoisotopic (exact) mass is 691 g/mol. The molecule has 13 N–H and O–H groups in total. The Labute approximate surface area is 276 Å². The van der Waals surface area contributed by atoms with Gasteiger partial charge in [0.25, 0.3) is 0 Å². The van der Waals surface area contributed by atoms with Crippen molar-refractivity contribution in [2.24, 2.45) is 11.7 Å². The van der Waals surface area contributed by atoms with Crippen LogP contribution in [0.5, 0.6) is 0 Å². The van der Waals surface area contributed by atoms with E-state index in [-0.39, 0.29) is 12.3 Å². The van der Waals surface area contributed by atoms with Crippen molar-refractivity contribution in [2.45, 2.75) is 115 Å². The normalized spacial score (nSPS) is 16.7. The summed E-state index contributed by atoms with van der Waals surface area (Å²) in [5, 5.41) is 61.2. The molecule has 0 aromatic heterocycles. The first-order valence-corrected chi connectivity index (χ1v) is 15.1. The van der Waals surface area contributed by atoms with E-state index in [1.165, 1.54) is 20.8 Å². The molecule has 9 unspecified atom stereocenters. The minimum Gasteiger partial charge on any atom is -0.481 e. The molecule has 0 spiro atoms. The van der Waals surface area contributed by atoms with Crippen LogP contribution in [0, 0.1) is 5.92 Å². The van der Waals surface area contributed by atoms with Gasteiger partial charge in [0.15, 0.2) is 0 Å². The van der Waals surface area contributed by atoms with E-state index >= 15 is 0 Å². The zero-order chi connectivity index (χ0) is 37.5. The number of carbonyl (C=O) groups is 8. The van der Waals surface area contributed by atoms with E-state index in [9.17, 15) is 53.7 Å². The predicted octanol–water partition coefficient (Wildman–Crippen LogP) is -4.99. The van der Waals surface area contributed by atoms with Crippen LogP contribution in [0.2, 0.25) is 0 Å². The summed E-state index contributed by atoms with van der Waals surface area (Å²) in [4.78, 5) is 98.8. The van der Waals surface area contributed by atoms with Crippen molar-refractivity contribution in [3.05, 3.63) is 0 Å². The van der Waals surface area contributed by atoms with Crippen LogP contribution in [0.1, 0.15) is 60.8 Å². The number of aliphatic hydroxyl groups is 3. The second-order valence-electron chi connectivity index (χ2n) is 11.7. The van der Waals surface area contributed by atoms with Crippen LogP contribution in [-0.4, -0.2) is 134 Å². The highest BCUT2D eigenvalue weighted by Crippen LogP contribution is 2.06. The molecule has 20 heteroatoms. The smallest absolute Gasteiger partial charge is 0.325 e. The molecule has 0 radical (unpaired) electrons. The number of amides is 6. The molecule has 0 aliphatic rings. The van der Waals surface area contributed by atoms with Gasteiger partial charge in [0.1, 0.15) is 36.3 Å². The van der Waals surface area contributed by atoms with E-state index in [1.807, 2.05) is 13.8 Å².